The molecule has 0 saturated carbocycles. The summed E-state index contributed by atoms with van der Waals surface area (Å²) in [6.07, 6.45) is 4.65. The number of hydrogen-bond donors (Lipinski definition) is 2. The van der Waals surface area contributed by atoms with Crippen molar-refractivity contribution in [3.8, 4) is 0 Å². The zero-order valence-electron chi connectivity index (χ0n) is 11.3. The highest BCUT2D eigenvalue weighted by Crippen LogP contribution is 2.24. The third-order valence-corrected chi connectivity index (χ3v) is 4.25. The minimum atomic E-state index is -0.767. The fraction of sp³-hybridized carbons (Fsp3) is 0.500. The Morgan fingerprint density at radius 1 is 1.53 bits per heavy atom. The van der Waals surface area contributed by atoms with E-state index >= 15 is 0 Å². The number of carboxylic acids is 1. The monoisotopic (exact) mass is 345 g/mol. The smallest absolute Gasteiger partial charge is 0.320 e. The molecule has 0 fully saturated rings. The summed E-state index contributed by atoms with van der Waals surface area (Å²) in [5.74, 6) is -0.767. The van der Waals surface area contributed by atoms with Gasteiger partial charge in [-0.05, 0) is 30.4 Å². The van der Waals surface area contributed by atoms with E-state index in [-0.39, 0.29) is 0 Å². The van der Waals surface area contributed by atoms with Gasteiger partial charge in [0.2, 0.25) is 0 Å². The van der Waals surface area contributed by atoms with Gasteiger partial charge in [0.05, 0.1) is 0 Å². The van der Waals surface area contributed by atoms with Gasteiger partial charge in [-0.15, -0.1) is 11.8 Å². The topological polar surface area (TPSA) is 49.3 Å². The number of carboxylic acid groups (broad SMARTS) is 1. The number of rotatable bonds is 8. The van der Waals surface area contributed by atoms with E-state index in [4.69, 9.17) is 0 Å². The van der Waals surface area contributed by atoms with E-state index in [1.807, 2.05) is 18.4 Å². The first-order chi connectivity index (χ1) is 9.08. The SMILES string of the molecule is CCCCC(NCc1ccc(Br)cc1SC)C(=O)O. The van der Waals surface area contributed by atoms with E-state index in [1.54, 1.807) is 11.8 Å². The molecule has 0 radical (unpaired) electrons. The predicted octanol–water partition coefficient (Wildman–Crippen LogP) is 3.90. The molecule has 19 heavy (non-hydrogen) atoms. The zero-order valence-corrected chi connectivity index (χ0v) is 13.7. The molecule has 1 aromatic carbocycles. The first kappa shape index (κ1) is 16.5. The highest BCUT2D eigenvalue weighted by molar-refractivity contribution is 9.10. The third-order valence-electron chi connectivity index (χ3n) is 2.93. The van der Waals surface area contributed by atoms with E-state index in [0.717, 1.165) is 22.9 Å². The lowest BCUT2D eigenvalue weighted by atomic mass is 10.1. The standard InChI is InChI=1S/C14H20BrNO2S/c1-3-4-5-12(14(17)18)16-9-10-6-7-11(15)8-13(10)19-2/h6-8,12,16H,3-5,9H2,1-2H3,(H,17,18). The van der Waals surface area contributed by atoms with Crippen LogP contribution < -0.4 is 5.32 Å². The Bertz CT molecular complexity index is 426. The fourth-order valence-corrected chi connectivity index (χ4v) is 2.98. The first-order valence-corrected chi connectivity index (χ1v) is 8.38. The lowest BCUT2D eigenvalue weighted by molar-refractivity contribution is -0.139. The maximum Gasteiger partial charge on any atom is 0.320 e. The molecule has 3 nitrogen and oxygen atoms in total. The molecule has 0 aliphatic carbocycles. The molecule has 1 unspecified atom stereocenters. The Hall–Kier alpha value is -0.520. The number of aliphatic carboxylic acids is 1. The summed E-state index contributed by atoms with van der Waals surface area (Å²) in [6, 6.07) is 5.61. The minimum absolute atomic E-state index is 0.460. The van der Waals surface area contributed by atoms with Crippen LogP contribution in [-0.4, -0.2) is 23.4 Å². The number of unbranched alkanes of at least 4 members (excludes halogenated alkanes) is 1. The molecule has 0 amide bonds. The molecule has 1 atom stereocenters. The molecule has 1 aromatic rings. The number of halogens is 1. The van der Waals surface area contributed by atoms with Crippen molar-refractivity contribution in [1.29, 1.82) is 0 Å². The summed E-state index contributed by atoms with van der Waals surface area (Å²) in [7, 11) is 0. The van der Waals surface area contributed by atoms with Crippen molar-refractivity contribution in [3.05, 3.63) is 28.2 Å². The van der Waals surface area contributed by atoms with E-state index in [0.29, 0.717) is 13.0 Å². The molecule has 0 aliphatic heterocycles. The molecule has 0 bridgehead atoms. The molecule has 0 spiro atoms. The summed E-state index contributed by atoms with van der Waals surface area (Å²) in [6.45, 7) is 2.66. The van der Waals surface area contributed by atoms with Gasteiger partial charge in [-0.3, -0.25) is 4.79 Å². The Labute approximate surface area is 127 Å². The molecule has 0 aromatic heterocycles. The Morgan fingerprint density at radius 3 is 2.84 bits per heavy atom. The van der Waals surface area contributed by atoms with E-state index in [1.165, 1.54) is 4.90 Å². The van der Waals surface area contributed by atoms with Gasteiger partial charge < -0.3 is 10.4 Å². The average Bonchev–Trinajstić information content (AvgIpc) is 2.39. The highest BCUT2D eigenvalue weighted by Gasteiger charge is 2.16. The lowest BCUT2D eigenvalue weighted by Crippen LogP contribution is -2.36. The van der Waals surface area contributed by atoms with Gasteiger partial charge in [0.1, 0.15) is 6.04 Å². The number of carbonyl (C=O) groups is 1. The van der Waals surface area contributed by atoms with E-state index in [2.05, 4.69) is 34.2 Å². The quantitative estimate of drug-likeness (QED) is 0.701. The highest BCUT2D eigenvalue weighted by atomic mass is 79.9. The molecule has 0 heterocycles. The number of nitrogens with one attached hydrogen (secondary N) is 1. The van der Waals surface area contributed by atoms with Crippen molar-refractivity contribution >= 4 is 33.7 Å². The first-order valence-electron chi connectivity index (χ1n) is 6.37. The average molecular weight is 346 g/mol. The summed E-state index contributed by atoms with van der Waals surface area (Å²) in [5.41, 5.74) is 1.14. The van der Waals surface area contributed by atoms with Crippen molar-refractivity contribution < 1.29 is 9.90 Å². The second-order valence-electron chi connectivity index (χ2n) is 4.37. The van der Waals surface area contributed by atoms with Crippen molar-refractivity contribution in [2.75, 3.05) is 6.26 Å². The van der Waals surface area contributed by atoms with E-state index < -0.39 is 12.0 Å². The van der Waals surface area contributed by atoms with Crippen LogP contribution in [0, 0.1) is 0 Å². The predicted molar refractivity (Wildman–Crippen MR) is 83.7 cm³/mol. The van der Waals surface area contributed by atoms with Gasteiger partial charge in [-0.2, -0.15) is 0 Å². The van der Waals surface area contributed by atoms with Crippen LogP contribution in [0.2, 0.25) is 0 Å². The molecule has 2 N–H and O–H groups in total. The van der Waals surface area contributed by atoms with Gasteiger partial charge in [0.25, 0.3) is 0 Å². The number of thioether (sulfide) groups is 1. The maximum atomic E-state index is 11.2. The molecule has 1 rings (SSSR count). The Balaban J connectivity index is 2.65. The van der Waals surface area contributed by atoms with Crippen LogP contribution in [0.1, 0.15) is 31.7 Å². The maximum absolute atomic E-state index is 11.2. The normalized spacial score (nSPS) is 12.4. The van der Waals surface area contributed by atoms with Crippen LogP contribution in [0.5, 0.6) is 0 Å². The van der Waals surface area contributed by atoms with Crippen LogP contribution in [-0.2, 0) is 11.3 Å². The summed E-state index contributed by atoms with van der Waals surface area (Å²) in [5, 5.41) is 12.3. The van der Waals surface area contributed by atoms with Crippen molar-refractivity contribution in [2.45, 2.75) is 43.7 Å². The molecular formula is C14H20BrNO2S. The van der Waals surface area contributed by atoms with Crippen molar-refractivity contribution in [2.24, 2.45) is 0 Å². The summed E-state index contributed by atoms with van der Waals surface area (Å²) in [4.78, 5) is 12.3. The lowest BCUT2D eigenvalue weighted by Gasteiger charge is -2.15. The number of hydrogen-bond acceptors (Lipinski definition) is 3. The van der Waals surface area contributed by atoms with Gasteiger partial charge >= 0.3 is 5.97 Å². The van der Waals surface area contributed by atoms with Crippen LogP contribution in [0.25, 0.3) is 0 Å². The number of benzene rings is 1. The largest absolute Gasteiger partial charge is 0.480 e. The molecule has 5 heteroatoms. The third kappa shape index (κ3) is 5.55. The van der Waals surface area contributed by atoms with Gasteiger partial charge in [0.15, 0.2) is 0 Å². The van der Waals surface area contributed by atoms with Crippen molar-refractivity contribution in [3.63, 3.8) is 0 Å². The minimum Gasteiger partial charge on any atom is -0.480 e. The Kier molecular flexibility index (Phi) is 7.49. The van der Waals surface area contributed by atoms with Gasteiger partial charge in [-0.25, -0.2) is 0 Å². The molecule has 0 aliphatic rings. The Morgan fingerprint density at radius 2 is 2.26 bits per heavy atom. The van der Waals surface area contributed by atoms with E-state index in [9.17, 15) is 9.90 Å². The fourth-order valence-electron chi connectivity index (χ4n) is 1.82. The molecule has 0 saturated heterocycles. The van der Waals surface area contributed by atoms with Crippen LogP contribution in [0.15, 0.2) is 27.6 Å². The van der Waals surface area contributed by atoms with Crippen LogP contribution in [0.4, 0.5) is 0 Å². The van der Waals surface area contributed by atoms with Crippen LogP contribution in [0.3, 0.4) is 0 Å². The summed E-state index contributed by atoms with van der Waals surface area (Å²) < 4.78 is 1.04. The second-order valence-corrected chi connectivity index (χ2v) is 6.13. The summed E-state index contributed by atoms with van der Waals surface area (Å²) >= 11 is 5.12. The van der Waals surface area contributed by atoms with Crippen LogP contribution >= 0.6 is 27.7 Å². The molecule has 106 valence electrons. The zero-order chi connectivity index (χ0) is 14.3. The van der Waals surface area contributed by atoms with Gasteiger partial charge in [-0.1, -0.05) is 41.8 Å². The van der Waals surface area contributed by atoms with Crippen molar-refractivity contribution in [1.82, 2.24) is 5.32 Å². The second kappa shape index (κ2) is 8.61. The molecular weight excluding hydrogens is 326 g/mol. The van der Waals surface area contributed by atoms with Gasteiger partial charge in [0, 0.05) is 15.9 Å².